The summed E-state index contributed by atoms with van der Waals surface area (Å²) in [4.78, 5) is 21.4. The average Bonchev–Trinajstić information content (AvgIpc) is 2.72. The standard InChI is InChI=1S/C22H29ClN4O2/c1-17-15-19(23)7-8-20(17)29-14-4-6-21(28)25-16-18-5-3-9-24-22(18)27-12-10-26(2)11-13-27/h3,5,7-9,15H,4,6,10-14,16H2,1-2H3,(H,25,28). The van der Waals surface area contributed by atoms with Gasteiger partial charge < -0.3 is 19.9 Å². The van der Waals surface area contributed by atoms with Gasteiger partial charge in [0.25, 0.3) is 0 Å². The van der Waals surface area contributed by atoms with Crippen molar-refractivity contribution in [1.82, 2.24) is 15.2 Å². The third-order valence-corrected chi connectivity index (χ3v) is 5.32. The molecular weight excluding hydrogens is 388 g/mol. The molecule has 0 bridgehead atoms. The van der Waals surface area contributed by atoms with Gasteiger partial charge >= 0.3 is 0 Å². The topological polar surface area (TPSA) is 57.7 Å². The first-order valence-corrected chi connectivity index (χ1v) is 10.4. The van der Waals surface area contributed by atoms with E-state index >= 15 is 0 Å². The van der Waals surface area contributed by atoms with E-state index in [0.717, 1.165) is 48.9 Å². The van der Waals surface area contributed by atoms with E-state index in [1.54, 1.807) is 0 Å². The highest BCUT2D eigenvalue weighted by molar-refractivity contribution is 6.30. The number of halogens is 1. The fourth-order valence-electron chi connectivity index (χ4n) is 3.34. The van der Waals surface area contributed by atoms with E-state index in [0.29, 0.717) is 31.0 Å². The van der Waals surface area contributed by atoms with Crippen molar-refractivity contribution >= 4 is 23.3 Å². The number of hydrogen-bond donors (Lipinski definition) is 1. The summed E-state index contributed by atoms with van der Waals surface area (Å²) in [6.07, 6.45) is 2.90. The van der Waals surface area contributed by atoms with Crippen molar-refractivity contribution in [2.45, 2.75) is 26.3 Å². The van der Waals surface area contributed by atoms with Crippen molar-refractivity contribution in [2.24, 2.45) is 0 Å². The molecule has 0 spiro atoms. The Morgan fingerprint density at radius 3 is 2.79 bits per heavy atom. The number of likely N-dealkylation sites (N-methyl/N-ethyl adjacent to an activating group) is 1. The lowest BCUT2D eigenvalue weighted by molar-refractivity contribution is -0.121. The number of nitrogens with one attached hydrogen (secondary N) is 1. The molecule has 7 heteroatoms. The predicted molar refractivity (Wildman–Crippen MR) is 117 cm³/mol. The zero-order valence-corrected chi connectivity index (χ0v) is 17.9. The van der Waals surface area contributed by atoms with Crippen molar-refractivity contribution in [3.8, 4) is 5.75 Å². The van der Waals surface area contributed by atoms with Gasteiger partial charge in [-0.1, -0.05) is 17.7 Å². The van der Waals surface area contributed by atoms with E-state index in [-0.39, 0.29) is 5.91 Å². The van der Waals surface area contributed by atoms with E-state index < -0.39 is 0 Å². The summed E-state index contributed by atoms with van der Waals surface area (Å²) in [7, 11) is 2.13. The maximum absolute atomic E-state index is 12.2. The Bertz CT molecular complexity index is 822. The first-order valence-electron chi connectivity index (χ1n) is 10.1. The molecule has 0 atom stereocenters. The number of benzene rings is 1. The van der Waals surface area contributed by atoms with Crippen LogP contribution in [0, 0.1) is 6.92 Å². The molecule has 1 aromatic heterocycles. The number of hydrogen-bond acceptors (Lipinski definition) is 5. The zero-order chi connectivity index (χ0) is 20.6. The molecule has 29 heavy (non-hydrogen) atoms. The first-order chi connectivity index (χ1) is 14.0. The van der Waals surface area contributed by atoms with Gasteiger partial charge in [-0.2, -0.15) is 0 Å². The van der Waals surface area contributed by atoms with Crippen LogP contribution in [0.15, 0.2) is 36.5 Å². The minimum Gasteiger partial charge on any atom is -0.493 e. The van der Waals surface area contributed by atoms with Crippen LogP contribution in [0.1, 0.15) is 24.0 Å². The van der Waals surface area contributed by atoms with Crippen molar-refractivity contribution in [1.29, 1.82) is 0 Å². The molecule has 1 aliphatic heterocycles. The molecular formula is C22H29ClN4O2. The smallest absolute Gasteiger partial charge is 0.220 e. The minimum atomic E-state index is 0.0228. The molecule has 0 unspecified atom stereocenters. The average molecular weight is 417 g/mol. The summed E-state index contributed by atoms with van der Waals surface area (Å²) >= 11 is 5.95. The Labute approximate surface area is 177 Å². The SMILES string of the molecule is Cc1cc(Cl)ccc1OCCCC(=O)NCc1cccnc1N1CCN(C)CC1. The van der Waals surface area contributed by atoms with Gasteiger partial charge in [0, 0.05) is 55.9 Å². The molecule has 0 radical (unpaired) electrons. The Balaban J connectivity index is 1.42. The van der Waals surface area contributed by atoms with Crippen LogP contribution in [-0.2, 0) is 11.3 Å². The quantitative estimate of drug-likeness (QED) is 0.669. The zero-order valence-electron chi connectivity index (χ0n) is 17.2. The molecule has 156 valence electrons. The summed E-state index contributed by atoms with van der Waals surface area (Å²) in [5, 5.41) is 3.71. The van der Waals surface area contributed by atoms with E-state index in [4.69, 9.17) is 16.3 Å². The Morgan fingerprint density at radius 2 is 2.03 bits per heavy atom. The number of carbonyl (C=O) groups is 1. The molecule has 2 heterocycles. The molecule has 1 saturated heterocycles. The number of piperazine rings is 1. The highest BCUT2D eigenvalue weighted by Gasteiger charge is 2.18. The monoisotopic (exact) mass is 416 g/mol. The maximum Gasteiger partial charge on any atom is 0.220 e. The lowest BCUT2D eigenvalue weighted by Crippen LogP contribution is -2.45. The largest absolute Gasteiger partial charge is 0.493 e. The second-order valence-corrected chi connectivity index (χ2v) is 7.85. The van der Waals surface area contributed by atoms with Crippen molar-refractivity contribution in [3.63, 3.8) is 0 Å². The van der Waals surface area contributed by atoms with Crippen LogP contribution in [0.3, 0.4) is 0 Å². The first kappa shape index (κ1) is 21.4. The fraction of sp³-hybridized carbons (Fsp3) is 0.455. The van der Waals surface area contributed by atoms with Gasteiger partial charge in [0.1, 0.15) is 11.6 Å². The van der Waals surface area contributed by atoms with E-state index in [2.05, 4.69) is 27.1 Å². The van der Waals surface area contributed by atoms with E-state index in [1.807, 2.05) is 43.5 Å². The van der Waals surface area contributed by atoms with Gasteiger partial charge in [-0.25, -0.2) is 4.98 Å². The molecule has 1 aromatic carbocycles. The van der Waals surface area contributed by atoms with E-state index in [9.17, 15) is 4.79 Å². The van der Waals surface area contributed by atoms with Crippen LogP contribution < -0.4 is 15.0 Å². The summed E-state index contributed by atoms with van der Waals surface area (Å²) in [5.41, 5.74) is 2.05. The lowest BCUT2D eigenvalue weighted by Gasteiger charge is -2.34. The molecule has 6 nitrogen and oxygen atoms in total. The van der Waals surface area contributed by atoms with Crippen LogP contribution in [0.25, 0.3) is 0 Å². The second kappa shape index (κ2) is 10.5. The minimum absolute atomic E-state index is 0.0228. The number of aryl methyl sites for hydroxylation is 1. The Hall–Kier alpha value is -2.31. The molecule has 1 N–H and O–H groups in total. The number of ether oxygens (including phenoxy) is 1. The number of pyridine rings is 1. The van der Waals surface area contributed by atoms with Gasteiger partial charge in [0.05, 0.1) is 6.61 Å². The summed E-state index contributed by atoms with van der Waals surface area (Å²) in [5.74, 6) is 1.80. The molecule has 0 aliphatic carbocycles. The highest BCUT2D eigenvalue weighted by atomic mass is 35.5. The van der Waals surface area contributed by atoms with Gasteiger partial charge in [-0.3, -0.25) is 4.79 Å². The second-order valence-electron chi connectivity index (χ2n) is 7.42. The van der Waals surface area contributed by atoms with Gasteiger partial charge in [0.2, 0.25) is 5.91 Å². The molecule has 2 aromatic rings. The van der Waals surface area contributed by atoms with Crippen LogP contribution in [0.4, 0.5) is 5.82 Å². The summed E-state index contributed by atoms with van der Waals surface area (Å²) < 4.78 is 5.75. The number of aromatic nitrogens is 1. The summed E-state index contributed by atoms with van der Waals surface area (Å²) in [6.45, 7) is 6.90. The number of nitrogens with zero attached hydrogens (tertiary/aromatic N) is 3. The number of anilines is 1. The predicted octanol–water partition coefficient (Wildman–Crippen LogP) is 3.27. The lowest BCUT2D eigenvalue weighted by atomic mass is 10.2. The molecule has 1 aliphatic rings. The molecule has 0 saturated carbocycles. The molecule has 3 rings (SSSR count). The third kappa shape index (κ3) is 6.34. The number of rotatable bonds is 8. The van der Waals surface area contributed by atoms with Crippen molar-refractivity contribution in [2.75, 3.05) is 44.7 Å². The normalized spacial score (nSPS) is 14.7. The fourth-order valence-corrected chi connectivity index (χ4v) is 3.57. The van der Waals surface area contributed by atoms with E-state index in [1.165, 1.54) is 0 Å². The Morgan fingerprint density at radius 1 is 1.24 bits per heavy atom. The van der Waals surface area contributed by atoms with Gasteiger partial charge in [0.15, 0.2) is 0 Å². The summed E-state index contributed by atoms with van der Waals surface area (Å²) in [6, 6.07) is 9.49. The van der Waals surface area contributed by atoms with Gasteiger partial charge in [-0.15, -0.1) is 0 Å². The van der Waals surface area contributed by atoms with Crippen LogP contribution in [0.5, 0.6) is 5.75 Å². The van der Waals surface area contributed by atoms with Crippen LogP contribution in [-0.4, -0.2) is 55.6 Å². The Kier molecular flexibility index (Phi) is 7.72. The van der Waals surface area contributed by atoms with Crippen molar-refractivity contribution < 1.29 is 9.53 Å². The van der Waals surface area contributed by atoms with Crippen LogP contribution in [0.2, 0.25) is 5.02 Å². The molecule has 1 fully saturated rings. The maximum atomic E-state index is 12.2. The number of amides is 1. The number of carbonyl (C=O) groups excluding carboxylic acids is 1. The molecule has 1 amide bonds. The third-order valence-electron chi connectivity index (χ3n) is 5.09. The van der Waals surface area contributed by atoms with Crippen molar-refractivity contribution in [3.05, 3.63) is 52.7 Å². The van der Waals surface area contributed by atoms with Gasteiger partial charge in [-0.05, 0) is 50.2 Å². The van der Waals surface area contributed by atoms with Crippen LogP contribution >= 0.6 is 11.6 Å². The highest BCUT2D eigenvalue weighted by Crippen LogP contribution is 2.22.